The van der Waals surface area contributed by atoms with Crippen molar-refractivity contribution in [3.63, 3.8) is 0 Å². The minimum atomic E-state index is -3.05. The van der Waals surface area contributed by atoms with Gasteiger partial charge in [0.2, 0.25) is 5.95 Å². The maximum Gasteiger partial charge on any atom is 0.257 e. The van der Waals surface area contributed by atoms with Gasteiger partial charge in [0, 0.05) is 37.5 Å². The zero-order chi connectivity index (χ0) is 28.9. The molecule has 9 nitrogen and oxygen atoms in total. The number of fused-ring (bicyclic) bond motifs is 1. The van der Waals surface area contributed by atoms with Gasteiger partial charge < -0.3 is 9.47 Å². The van der Waals surface area contributed by atoms with E-state index in [-0.39, 0.29) is 23.5 Å². The molecule has 10 heteroatoms. The lowest BCUT2D eigenvalue weighted by Crippen LogP contribution is -2.34. The molecule has 0 saturated carbocycles. The number of imidazole rings is 1. The summed E-state index contributed by atoms with van der Waals surface area (Å²) in [6.07, 6.45) is 5.50. The van der Waals surface area contributed by atoms with Crippen LogP contribution in [0.15, 0.2) is 55.1 Å². The summed E-state index contributed by atoms with van der Waals surface area (Å²) in [5, 5.41) is 3.06. The Labute approximate surface area is 236 Å². The number of ketones is 1. The van der Waals surface area contributed by atoms with Crippen LogP contribution >= 0.6 is 0 Å². The van der Waals surface area contributed by atoms with Gasteiger partial charge in [0.25, 0.3) is 5.91 Å². The van der Waals surface area contributed by atoms with Crippen LogP contribution in [0.5, 0.6) is 0 Å². The molecule has 0 aliphatic carbocycles. The summed E-state index contributed by atoms with van der Waals surface area (Å²) in [5.74, 6) is 0.343. The summed E-state index contributed by atoms with van der Waals surface area (Å²) in [6.45, 7) is 8.49. The number of carbonyl (C=O) groups is 2. The molecule has 0 radical (unpaired) electrons. The zero-order valence-corrected chi connectivity index (χ0v) is 24.4. The highest BCUT2D eigenvalue weighted by atomic mass is 32.2. The Hall–Kier alpha value is -3.34. The van der Waals surface area contributed by atoms with Gasteiger partial charge in [0.1, 0.15) is 9.84 Å². The lowest BCUT2D eigenvalue weighted by molar-refractivity contribution is -0.115. The van der Waals surface area contributed by atoms with Gasteiger partial charge in [-0.05, 0) is 68.8 Å². The van der Waals surface area contributed by atoms with Gasteiger partial charge in [-0.2, -0.15) is 0 Å². The van der Waals surface area contributed by atoms with Crippen molar-refractivity contribution in [1.82, 2.24) is 19.4 Å². The van der Waals surface area contributed by atoms with E-state index in [4.69, 9.17) is 4.98 Å². The normalized spacial score (nSPS) is 16.6. The van der Waals surface area contributed by atoms with Gasteiger partial charge in [-0.3, -0.25) is 19.8 Å². The number of sulfone groups is 1. The molecule has 4 rings (SSSR count). The van der Waals surface area contributed by atoms with Crippen molar-refractivity contribution in [3.8, 4) is 0 Å². The van der Waals surface area contributed by atoms with Gasteiger partial charge in [0.15, 0.2) is 5.78 Å². The fourth-order valence-electron chi connectivity index (χ4n) is 5.35. The summed E-state index contributed by atoms with van der Waals surface area (Å²) in [5.41, 5.74) is 4.31. The quantitative estimate of drug-likeness (QED) is 0.352. The van der Waals surface area contributed by atoms with E-state index in [1.54, 1.807) is 12.1 Å². The third-order valence-electron chi connectivity index (χ3n) is 7.30. The SMILES string of the molecule is C=CC(=O)CN1CCCC[C@@H](n2c(NC(=O)c3ccccc3)nc3cc(CN(C)CCS(C)(=O)=O)cc(C)c32)C1. The van der Waals surface area contributed by atoms with Crippen LogP contribution in [-0.2, 0) is 21.2 Å². The van der Waals surface area contributed by atoms with Gasteiger partial charge >= 0.3 is 0 Å². The average Bonchev–Trinajstić information content (AvgIpc) is 3.10. The monoisotopic (exact) mass is 565 g/mol. The Kier molecular flexibility index (Phi) is 9.55. The van der Waals surface area contributed by atoms with E-state index >= 15 is 0 Å². The first-order chi connectivity index (χ1) is 19.0. The smallest absolute Gasteiger partial charge is 0.257 e. The van der Waals surface area contributed by atoms with Crippen LogP contribution in [0.1, 0.15) is 46.8 Å². The Bertz CT molecular complexity index is 1480. The second kappa shape index (κ2) is 12.9. The Balaban J connectivity index is 1.72. The van der Waals surface area contributed by atoms with Gasteiger partial charge in [-0.15, -0.1) is 0 Å². The van der Waals surface area contributed by atoms with Gasteiger partial charge in [-0.1, -0.05) is 37.3 Å². The van der Waals surface area contributed by atoms with Crippen LogP contribution in [0.2, 0.25) is 0 Å². The fourth-order valence-corrected chi connectivity index (χ4v) is 6.00. The maximum absolute atomic E-state index is 13.2. The highest BCUT2D eigenvalue weighted by Gasteiger charge is 2.27. The second-order valence-electron chi connectivity index (χ2n) is 10.8. The molecule has 1 aromatic heterocycles. The molecule has 1 fully saturated rings. The van der Waals surface area contributed by atoms with Crippen LogP contribution in [0.3, 0.4) is 0 Å². The maximum atomic E-state index is 13.2. The first kappa shape index (κ1) is 29.6. The van der Waals surface area contributed by atoms with Crippen LogP contribution < -0.4 is 5.32 Å². The molecule has 3 aromatic rings. The van der Waals surface area contributed by atoms with Crippen molar-refractivity contribution < 1.29 is 18.0 Å². The molecule has 1 N–H and O–H groups in total. The Morgan fingerprint density at radius 2 is 1.95 bits per heavy atom. The van der Waals surface area contributed by atoms with Crippen molar-refractivity contribution >= 4 is 38.5 Å². The zero-order valence-electron chi connectivity index (χ0n) is 23.6. The van der Waals surface area contributed by atoms with Crippen molar-refractivity contribution in [2.45, 2.75) is 38.8 Å². The minimum Gasteiger partial charge on any atom is -0.305 e. The van der Waals surface area contributed by atoms with E-state index in [0.717, 1.165) is 48.0 Å². The number of hydrogen-bond acceptors (Lipinski definition) is 7. The average molecular weight is 566 g/mol. The Morgan fingerprint density at radius 1 is 1.20 bits per heavy atom. The molecule has 1 amide bonds. The number of amides is 1. The van der Waals surface area contributed by atoms with Crippen LogP contribution in [0.25, 0.3) is 11.0 Å². The number of aromatic nitrogens is 2. The molecule has 0 spiro atoms. The van der Waals surface area contributed by atoms with Crippen LogP contribution in [0.4, 0.5) is 5.95 Å². The van der Waals surface area contributed by atoms with E-state index < -0.39 is 9.84 Å². The van der Waals surface area contributed by atoms with E-state index in [1.807, 2.05) is 43.1 Å². The number of aryl methyl sites for hydroxylation is 1. The number of carbonyl (C=O) groups excluding carboxylic acids is 2. The number of likely N-dealkylation sites (tertiary alicyclic amines) is 1. The molecule has 2 heterocycles. The molecule has 0 unspecified atom stereocenters. The Morgan fingerprint density at radius 3 is 2.65 bits per heavy atom. The van der Waals surface area contributed by atoms with Gasteiger partial charge in [-0.25, -0.2) is 13.4 Å². The third kappa shape index (κ3) is 7.65. The summed E-state index contributed by atoms with van der Waals surface area (Å²) in [7, 11) is -1.15. The highest BCUT2D eigenvalue weighted by Crippen LogP contribution is 2.33. The molecule has 1 aliphatic heterocycles. The standard InChI is InChI=1S/C30H39N5O4S/c1-5-26(36)21-34-14-10-9-13-25(20-34)35-28-22(2)17-23(19-33(3)15-16-40(4,38)39)18-27(28)31-30(35)32-29(37)24-11-7-6-8-12-24/h5-8,11-12,17-18,25H,1,9-10,13-16,19-21H2,2-4H3,(H,31,32,37)/t25-/m1/s1. The number of benzene rings is 2. The summed E-state index contributed by atoms with van der Waals surface area (Å²) in [4.78, 5) is 34.4. The third-order valence-corrected chi connectivity index (χ3v) is 8.22. The summed E-state index contributed by atoms with van der Waals surface area (Å²) >= 11 is 0. The molecule has 1 aliphatic rings. The summed E-state index contributed by atoms with van der Waals surface area (Å²) < 4.78 is 25.4. The number of hydrogen-bond donors (Lipinski definition) is 1. The van der Waals surface area contributed by atoms with Crippen LogP contribution in [-0.4, -0.2) is 84.7 Å². The lowest BCUT2D eigenvalue weighted by atomic mass is 10.1. The topological polar surface area (TPSA) is 105 Å². The number of nitrogens with zero attached hydrogens (tertiary/aromatic N) is 4. The molecule has 1 atom stereocenters. The predicted octanol–water partition coefficient (Wildman–Crippen LogP) is 3.86. The minimum absolute atomic E-state index is 0.00504. The summed E-state index contributed by atoms with van der Waals surface area (Å²) in [6, 6.07) is 13.2. The van der Waals surface area contributed by atoms with E-state index in [0.29, 0.717) is 37.7 Å². The van der Waals surface area contributed by atoms with Crippen molar-refractivity contribution in [2.24, 2.45) is 0 Å². The first-order valence-corrected chi connectivity index (χ1v) is 15.7. The van der Waals surface area contributed by atoms with E-state index in [9.17, 15) is 18.0 Å². The molecular formula is C30H39N5O4S. The second-order valence-corrected chi connectivity index (χ2v) is 13.1. The van der Waals surface area contributed by atoms with Crippen molar-refractivity contribution in [3.05, 3.63) is 71.8 Å². The highest BCUT2D eigenvalue weighted by molar-refractivity contribution is 7.90. The van der Waals surface area contributed by atoms with E-state index in [2.05, 4.69) is 27.4 Å². The molecule has 40 heavy (non-hydrogen) atoms. The predicted molar refractivity (Wildman–Crippen MR) is 159 cm³/mol. The molecule has 2 aromatic carbocycles. The first-order valence-electron chi connectivity index (χ1n) is 13.7. The van der Waals surface area contributed by atoms with Crippen molar-refractivity contribution in [1.29, 1.82) is 0 Å². The van der Waals surface area contributed by atoms with E-state index in [1.165, 1.54) is 12.3 Å². The lowest BCUT2D eigenvalue weighted by Gasteiger charge is -2.26. The number of rotatable bonds is 11. The van der Waals surface area contributed by atoms with Crippen LogP contribution in [0, 0.1) is 6.92 Å². The molecular weight excluding hydrogens is 526 g/mol. The molecule has 1 saturated heterocycles. The largest absolute Gasteiger partial charge is 0.305 e. The number of nitrogens with one attached hydrogen (secondary N) is 1. The fraction of sp³-hybridized carbons (Fsp3) is 0.433. The van der Waals surface area contributed by atoms with Gasteiger partial charge in [0.05, 0.1) is 23.3 Å². The number of anilines is 1. The molecule has 0 bridgehead atoms. The van der Waals surface area contributed by atoms with Crippen molar-refractivity contribution in [2.75, 3.05) is 50.6 Å². The molecule has 214 valence electrons.